The van der Waals surface area contributed by atoms with E-state index in [1.165, 1.54) is 11.9 Å². The molecule has 0 N–H and O–H groups in total. The number of nitrogens with zero attached hydrogens (tertiary/aromatic N) is 3. The number of halogens is 1. The summed E-state index contributed by atoms with van der Waals surface area (Å²) in [6.45, 7) is 0. The van der Waals surface area contributed by atoms with Crippen LogP contribution in [0.15, 0.2) is 60.9 Å². The molecule has 3 nitrogen and oxygen atoms in total. The van der Waals surface area contributed by atoms with E-state index < -0.39 is 0 Å². The topological polar surface area (TPSA) is 38.7 Å². The van der Waals surface area contributed by atoms with Crippen molar-refractivity contribution < 1.29 is 0 Å². The Labute approximate surface area is 115 Å². The van der Waals surface area contributed by atoms with Crippen LogP contribution in [0.5, 0.6) is 0 Å². The molecule has 19 heavy (non-hydrogen) atoms. The van der Waals surface area contributed by atoms with Crippen LogP contribution in [0.2, 0.25) is 5.15 Å². The summed E-state index contributed by atoms with van der Waals surface area (Å²) in [6.07, 6.45) is 1.34. The molecule has 0 aliphatic carbocycles. The van der Waals surface area contributed by atoms with Gasteiger partial charge in [0.2, 0.25) is 0 Å². The average molecular weight is 268 g/mol. The summed E-state index contributed by atoms with van der Waals surface area (Å²) in [7, 11) is 0. The fraction of sp³-hybridized carbons (Fsp3) is 0. The Kier molecular flexibility index (Phi) is 3.21. The van der Waals surface area contributed by atoms with Crippen molar-refractivity contribution >= 4 is 11.6 Å². The minimum absolute atomic E-state index is 0.363. The summed E-state index contributed by atoms with van der Waals surface area (Å²) in [5.41, 5.74) is 3.84. The predicted molar refractivity (Wildman–Crippen MR) is 75.7 cm³/mol. The normalized spacial score (nSPS) is 10.4. The fourth-order valence-corrected chi connectivity index (χ4v) is 2.08. The third-order valence-electron chi connectivity index (χ3n) is 2.84. The maximum absolute atomic E-state index is 6.00. The molecule has 3 aromatic rings. The second-order valence-electron chi connectivity index (χ2n) is 4.04. The molecule has 0 aliphatic heterocycles. The van der Waals surface area contributed by atoms with Gasteiger partial charge in [0.05, 0.1) is 0 Å². The molecule has 0 radical (unpaired) electrons. The minimum atomic E-state index is 0.363. The van der Waals surface area contributed by atoms with E-state index in [4.69, 9.17) is 11.6 Å². The third kappa shape index (κ3) is 2.46. The Morgan fingerprint density at radius 3 is 2.05 bits per heavy atom. The van der Waals surface area contributed by atoms with Gasteiger partial charge in [-0.25, -0.2) is 4.98 Å². The van der Waals surface area contributed by atoms with E-state index in [2.05, 4.69) is 27.3 Å². The van der Waals surface area contributed by atoms with E-state index in [9.17, 15) is 0 Å². The lowest BCUT2D eigenvalue weighted by atomic mass is 10.0. The zero-order valence-electron chi connectivity index (χ0n) is 9.99. The molecule has 92 valence electrons. The first-order valence-corrected chi connectivity index (χ1v) is 6.21. The lowest BCUT2D eigenvalue weighted by Crippen LogP contribution is -1.91. The highest BCUT2D eigenvalue weighted by Gasteiger charge is 2.06. The van der Waals surface area contributed by atoms with Crippen molar-refractivity contribution in [2.45, 2.75) is 0 Å². The predicted octanol–water partition coefficient (Wildman–Crippen LogP) is 3.86. The van der Waals surface area contributed by atoms with Gasteiger partial charge in [-0.2, -0.15) is 0 Å². The molecule has 0 aliphatic rings. The quantitative estimate of drug-likeness (QED) is 0.708. The van der Waals surface area contributed by atoms with Crippen LogP contribution in [-0.4, -0.2) is 15.2 Å². The van der Waals surface area contributed by atoms with Gasteiger partial charge in [0.1, 0.15) is 12.0 Å². The summed E-state index contributed by atoms with van der Waals surface area (Å²) >= 11 is 6.00. The minimum Gasteiger partial charge on any atom is -0.220 e. The van der Waals surface area contributed by atoms with Gasteiger partial charge in [0.25, 0.3) is 0 Å². The van der Waals surface area contributed by atoms with Crippen molar-refractivity contribution in [3.8, 4) is 22.4 Å². The summed E-state index contributed by atoms with van der Waals surface area (Å²) in [5, 5.41) is 8.13. The molecule has 1 heterocycles. The fourth-order valence-electron chi connectivity index (χ4n) is 1.89. The van der Waals surface area contributed by atoms with E-state index in [1.54, 1.807) is 0 Å². The van der Waals surface area contributed by atoms with Crippen LogP contribution in [0.25, 0.3) is 22.4 Å². The monoisotopic (exact) mass is 267 g/mol. The Morgan fingerprint density at radius 1 is 0.737 bits per heavy atom. The molecular weight excluding hydrogens is 258 g/mol. The van der Waals surface area contributed by atoms with Crippen LogP contribution in [0.1, 0.15) is 0 Å². The van der Waals surface area contributed by atoms with Gasteiger partial charge < -0.3 is 0 Å². The van der Waals surface area contributed by atoms with Crippen LogP contribution < -0.4 is 0 Å². The zero-order valence-corrected chi connectivity index (χ0v) is 10.7. The molecule has 4 heteroatoms. The Bertz CT molecular complexity index is 681. The molecule has 0 amide bonds. The van der Waals surface area contributed by atoms with Crippen LogP contribution in [0, 0.1) is 0 Å². The van der Waals surface area contributed by atoms with Gasteiger partial charge in [-0.3, -0.25) is 0 Å². The van der Waals surface area contributed by atoms with Crippen LogP contribution >= 0.6 is 11.6 Å². The van der Waals surface area contributed by atoms with Crippen LogP contribution in [0.4, 0.5) is 0 Å². The molecule has 1 aromatic heterocycles. The largest absolute Gasteiger partial charge is 0.220 e. The Balaban J connectivity index is 1.98. The maximum Gasteiger partial charge on any atom is 0.159 e. The van der Waals surface area contributed by atoms with Crippen molar-refractivity contribution in [3.05, 3.63) is 66.1 Å². The number of hydrogen-bond donors (Lipinski definition) is 0. The molecule has 0 bridgehead atoms. The highest BCUT2D eigenvalue weighted by Crippen LogP contribution is 2.26. The van der Waals surface area contributed by atoms with Gasteiger partial charge in [-0.15, -0.1) is 10.2 Å². The first-order chi connectivity index (χ1) is 9.34. The summed E-state index contributed by atoms with van der Waals surface area (Å²) < 4.78 is 0. The van der Waals surface area contributed by atoms with Gasteiger partial charge in [0, 0.05) is 5.56 Å². The first-order valence-electron chi connectivity index (χ1n) is 5.83. The lowest BCUT2D eigenvalue weighted by molar-refractivity contribution is 0.977. The molecular formula is C15H10ClN3. The Morgan fingerprint density at radius 2 is 1.37 bits per heavy atom. The van der Waals surface area contributed by atoms with E-state index in [1.807, 2.05) is 42.5 Å². The summed E-state index contributed by atoms with van der Waals surface area (Å²) in [4.78, 5) is 3.93. The number of hydrogen-bond acceptors (Lipinski definition) is 3. The molecule has 0 saturated heterocycles. The molecule has 3 rings (SSSR count). The highest BCUT2D eigenvalue weighted by molar-refractivity contribution is 6.31. The highest BCUT2D eigenvalue weighted by atomic mass is 35.5. The van der Waals surface area contributed by atoms with Crippen molar-refractivity contribution in [2.24, 2.45) is 0 Å². The molecule has 2 aromatic carbocycles. The van der Waals surface area contributed by atoms with Gasteiger partial charge in [-0.1, -0.05) is 66.2 Å². The van der Waals surface area contributed by atoms with E-state index in [0.29, 0.717) is 10.8 Å². The van der Waals surface area contributed by atoms with Gasteiger partial charge in [-0.05, 0) is 11.1 Å². The smallest absolute Gasteiger partial charge is 0.159 e. The summed E-state index contributed by atoms with van der Waals surface area (Å²) in [5.74, 6) is 0. The van der Waals surface area contributed by atoms with Crippen molar-refractivity contribution in [1.29, 1.82) is 0 Å². The first kappa shape index (κ1) is 11.8. The zero-order chi connectivity index (χ0) is 13.1. The Hall–Kier alpha value is -2.26. The van der Waals surface area contributed by atoms with Crippen molar-refractivity contribution in [1.82, 2.24) is 15.2 Å². The van der Waals surface area contributed by atoms with Crippen molar-refractivity contribution in [3.63, 3.8) is 0 Å². The van der Waals surface area contributed by atoms with E-state index in [-0.39, 0.29) is 0 Å². The van der Waals surface area contributed by atoms with Gasteiger partial charge in [0.15, 0.2) is 5.15 Å². The standard InChI is InChI=1S/C15H10ClN3/c16-15-14(19-18-10-17-15)13-8-6-12(7-9-13)11-4-2-1-3-5-11/h1-10H. The summed E-state index contributed by atoms with van der Waals surface area (Å²) in [6, 6.07) is 18.2. The van der Waals surface area contributed by atoms with Crippen molar-refractivity contribution in [2.75, 3.05) is 0 Å². The van der Waals surface area contributed by atoms with Gasteiger partial charge >= 0.3 is 0 Å². The second kappa shape index (κ2) is 5.16. The lowest BCUT2D eigenvalue weighted by Gasteiger charge is -2.04. The second-order valence-corrected chi connectivity index (χ2v) is 4.40. The average Bonchev–Trinajstić information content (AvgIpc) is 2.49. The maximum atomic E-state index is 6.00. The van der Waals surface area contributed by atoms with Crippen LogP contribution in [-0.2, 0) is 0 Å². The molecule has 0 fully saturated rings. The van der Waals surface area contributed by atoms with E-state index in [0.717, 1.165) is 11.1 Å². The van der Waals surface area contributed by atoms with E-state index >= 15 is 0 Å². The third-order valence-corrected chi connectivity index (χ3v) is 3.12. The molecule has 0 unspecified atom stereocenters. The number of rotatable bonds is 2. The SMILES string of the molecule is Clc1ncnnc1-c1ccc(-c2ccccc2)cc1. The number of benzene rings is 2. The molecule has 0 spiro atoms. The van der Waals surface area contributed by atoms with Crippen LogP contribution in [0.3, 0.4) is 0 Å². The molecule has 0 atom stereocenters. The molecule has 0 saturated carbocycles. The number of aromatic nitrogens is 3.